The van der Waals surface area contributed by atoms with Gasteiger partial charge in [-0.3, -0.25) is 4.68 Å². The highest BCUT2D eigenvalue weighted by molar-refractivity contribution is 5.58. The Morgan fingerprint density at radius 1 is 1.07 bits per heavy atom. The summed E-state index contributed by atoms with van der Waals surface area (Å²) in [4.78, 5) is 9.40. The monoisotopic (exact) mass is 393 g/mol. The van der Waals surface area contributed by atoms with Crippen molar-refractivity contribution in [2.24, 2.45) is 0 Å². The molecule has 0 unspecified atom stereocenters. The fourth-order valence-electron chi connectivity index (χ4n) is 3.24. The van der Waals surface area contributed by atoms with Crippen molar-refractivity contribution in [3.63, 3.8) is 0 Å². The van der Waals surface area contributed by atoms with Gasteiger partial charge >= 0.3 is 6.18 Å². The predicted octanol–water partition coefficient (Wildman–Crippen LogP) is 2.95. The van der Waals surface area contributed by atoms with Gasteiger partial charge in [0.15, 0.2) is 0 Å². The zero-order valence-corrected chi connectivity index (χ0v) is 15.1. The van der Waals surface area contributed by atoms with Crippen molar-refractivity contribution in [2.75, 3.05) is 17.7 Å². The lowest BCUT2D eigenvalue weighted by Crippen LogP contribution is -2.31. The maximum Gasteiger partial charge on any atom is 0.421 e. The van der Waals surface area contributed by atoms with Crippen LogP contribution in [0.3, 0.4) is 0 Å². The molecule has 0 spiro atoms. The summed E-state index contributed by atoms with van der Waals surface area (Å²) in [5.74, 6) is -0.226. The molecule has 148 valence electrons. The first-order valence-electron chi connectivity index (χ1n) is 8.65. The van der Waals surface area contributed by atoms with Crippen molar-refractivity contribution in [3.8, 4) is 0 Å². The van der Waals surface area contributed by atoms with Crippen LogP contribution in [0.2, 0.25) is 0 Å². The quantitative estimate of drug-likeness (QED) is 0.688. The van der Waals surface area contributed by atoms with E-state index >= 15 is 0 Å². The first kappa shape index (κ1) is 18.2. The minimum Gasteiger partial charge on any atom is -0.372 e. The Bertz CT molecular complexity index is 958. The molecule has 0 bridgehead atoms. The summed E-state index contributed by atoms with van der Waals surface area (Å²) in [7, 11) is 1.38. The van der Waals surface area contributed by atoms with Crippen molar-refractivity contribution < 1.29 is 13.2 Å². The van der Waals surface area contributed by atoms with E-state index in [1.165, 1.54) is 7.05 Å². The molecule has 1 aliphatic rings. The normalized spacial score (nSPS) is 19.3. The lowest BCUT2D eigenvalue weighted by atomic mass is 9.87. The van der Waals surface area contributed by atoms with Gasteiger partial charge in [-0.05, 0) is 19.8 Å². The number of alkyl halides is 3. The standard InChI is InChI=1S/C16H18F3N9/c1-9-13(25-15-21-7-12(16(17,18)19)14(20-2)26-15)8-24-27(9)10-5-11(6-10)28-22-3-4-23-28/h3-4,7-8,10-11H,5-6H2,1-2H3,(H2,20,21,25,26)/t10-,11+. The molecule has 0 aliphatic heterocycles. The van der Waals surface area contributed by atoms with Gasteiger partial charge in [0.25, 0.3) is 0 Å². The van der Waals surface area contributed by atoms with Crippen LogP contribution in [-0.4, -0.2) is 41.8 Å². The van der Waals surface area contributed by atoms with Crippen LogP contribution >= 0.6 is 0 Å². The maximum atomic E-state index is 13.0. The number of hydrogen-bond donors (Lipinski definition) is 2. The second-order valence-electron chi connectivity index (χ2n) is 6.55. The van der Waals surface area contributed by atoms with Gasteiger partial charge in [0.05, 0.1) is 42.1 Å². The topological polar surface area (TPSA) is 98.4 Å². The van der Waals surface area contributed by atoms with Gasteiger partial charge in [-0.1, -0.05) is 0 Å². The highest BCUT2D eigenvalue weighted by Gasteiger charge is 2.36. The molecule has 0 aromatic carbocycles. The third-order valence-corrected chi connectivity index (χ3v) is 4.82. The lowest BCUT2D eigenvalue weighted by molar-refractivity contribution is -0.137. The Morgan fingerprint density at radius 2 is 1.79 bits per heavy atom. The molecule has 0 amide bonds. The molecule has 3 heterocycles. The molecular weight excluding hydrogens is 375 g/mol. The zero-order valence-electron chi connectivity index (χ0n) is 15.1. The Hall–Kier alpha value is -3.18. The SMILES string of the molecule is CNc1nc(Nc2cnn([C@H]3C[C@@H](n4nccn4)C3)c2C)ncc1C(F)(F)F. The Balaban J connectivity index is 1.48. The van der Waals surface area contributed by atoms with E-state index in [-0.39, 0.29) is 23.8 Å². The number of nitrogens with one attached hydrogen (secondary N) is 2. The summed E-state index contributed by atoms with van der Waals surface area (Å²) < 4.78 is 40.8. The van der Waals surface area contributed by atoms with Crippen LogP contribution in [0, 0.1) is 6.92 Å². The fourth-order valence-corrected chi connectivity index (χ4v) is 3.24. The van der Waals surface area contributed by atoms with E-state index < -0.39 is 11.7 Å². The third kappa shape index (κ3) is 3.25. The highest BCUT2D eigenvalue weighted by Crippen LogP contribution is 2.41. The summed E-state index contributed by atoms with van der Waals surface area (Å²) in [6, 6.07) is 0.462. The summed E-state index contributed by atoms with van der Waals surface area (Å²) in [5, 5.41) is 18.1. The van der Waals surface area contributed by atoms with E-state index in [0.29, 0.717) is 5.69 Å². The van der Waals surface area contributed by atoms with Crippen molar-refractivity contribution in [1.29, 1.82) is 0 Å². The van der Waals surface area contributed by atoms with Crippen LogP contribution in [0.1, 0.15) is 36.2 Å². The molecule has 0 saturated heterocycles. The molecule has 1 saturated carbocycles. The first-order valence-corrected chi connectivity index (χ1v) is 8.65. The largest absolute Gasteiger partial charge is 0.421 e. The maximum absolute atomic E-state index is 13.0. The van der Waals surface area contributed by atoms with Gasteiger partial charge in [-0.2, -0.15) is 38.2 Å². The molecule has 4 rings (SSSR count). The minimum atomic E-state index is -4.53. The number of hydrogen-bond acceptors (Lipinski definition) is 7. The molecule has 0 radical (unpaired) electrons. The number of rotatable bonds is 5. The van der Waals surface area contributed by atoms with Gasteiger partial charge in [0.1, 0.15) is 11.4 Å². The van der Waals surface area contributed by atoms with E-state index in [2.05, 4.69) is 35.9 Å². The number of nitrogens with zero attached hydrogens (tertiary/aromatic N) is 7. The average Bonchev–Trinajstić information content (AvgIpc) is 3.25. The number of anilines is 3. The summed E-state index contributed by atoms with van der Waals surface area (Å²) in [6.07, 6.45) is 2.87. The van der Waals surface area contributed by atoms with Gasteiger partial charge < -0.3 is 10.6 Å². The van der Waals surface area contributed by atoms with E-state index in [4.69, 9.17) is 0 Å². The molecule has 3 aromatic heterocycles. The molecule has 2 N–H and O–H groups in total. The van der Waals surface area contributed by atoms with Gasteiger partial charge in [-0.25, -0.2) is 4.98 Å². The van der Waals surface area contributed by atoms with Gasteiger partial charge in [-0.15, -0.1) is 0 Å². The lowest BCUT2D eigenvalue weighted by Gasteiger charge is -2.35. The summed E-state index contributed by atoms with van der Waals surface area (Å²) >= 11 is 0. The number of halogens is 3. The van der Waals surface area contributed by atoms with Crippen molar-refractivity contribution in [1.82, 2.24) is 34.7 Å². The van der Waals surface area contributed by atoms with Crippen LogP contribution in [0.4, 0.5) is 30.6 Å². The molecule has 3 aromatic rings. The Labute approximate surface area is 158 Å². The zero-order chi connectivity index (χ0) is 19.9. The van der Waals surface area contributed by atoms with Crippen LogP contribution in [0.5, 0.6) is 0 Å². The molecular formula is C16H18F3N9. The fraction of sp³-hybridized carbons (Fsp3) is 0.438. The van der Waals surface area contributed by atoms with Crippen LogP contribution in [0.15, 0.2) is 24.8 Å². The van der Waals surface area contributed by atoms with Crippen molar-refractivity contribution in [3.05, 3.63) is 36.0 Å². The minimum absolute atomic E-state index is 0.0622. The van der Waals surface area contributed by atoms with Gasteiger partial charge in [0, 0.05) is 13.2 Å². The van der Waals surface area contributed by atoms with Crippen LogP contribution in [-0.2, 0) is 6.18 Å². The van der Waals surface area contributed by atoms with Crippen molar-refractivity contribution in [2.45, 2.75) is 38.0 Å². The van der Waals surface area contributed by atoms with Gasteiger partial charge in [0.2, 0.25) is 5.95 Å². The average molecular weight is 393 g/mol. The molecule has 1 fully saturated rings. The highest BCUT2D eigenvalue weighted by atomic mass is 19.4. The summed E-state index contributed by atoms with van der Waals surface area (Å²) in [6.45, 7) is 1.89. The van der Waals surface area contributed by atoms with E-state index in [1.807, 2.05) is 11.6 Å². The van der Waals surface area contributed by atoms with E-state index in [9.17, 15) is 13.2 Å². The molecule has 28 heavy (non-hydrogen) atoms. The second-order valence-corrected chi connectivity index (χ2v) is 6.55. The smallest absolute Gasteiger partial charge is 0.372 e. The summed E-state index contributed by atoms with van der Waals surface area (Å²) in [5.41, 5.74) is 0.578. The number of aromatic nitrogens is 7. The van der Waals surface area contributed by atoms with Crippen LogP contribution < -0.4 is 10.6 Å². The second kappa shape index (κ2) is 6.77. The van der Waals surface area contributed by atoms with E-state index in [0.717, 1.165) is 24.7 Å². The van der Waals surface area contributed by atoms with Crippen LogP contribution in [0.25, 0.3) is 0 Å². The molecule has 0 atom stereocenters. The third-order valence-electron chi connectivity index (χ3n) is 4.82. The predicted molar refractivity (Wildman–Crippen MR) is 94.2 cm³/mol. The Kier molecular flexibility index (Phi) is 4.40. The molecule has 12 heteroatoms. The Morgan fingerprint density at radius 3 is 2.43 bits per heavy atom. The molecule has 9 nitrogen and oxygen atoms in total. The van der Waals surface area contributed by atoms with Crippen molar-refractivity contribution >= 4 is 17.5 Å². The molecule has 1 aliphatic carbocycles. The van der Waals surface area contributed by atoms with E-state index in [1.54, 1.807) is 23.4 Å². The first-order chi connectivity index (χ1) is 13.4.